The summed E-state index contributed by atoms with van der Waals surface area (Å²) in [6, 6.07) is 17.4. The largest absolute Gasteiger partial charge is 0.496 e. The van der Waals surface area contributed by atoms with Crippen molar-refractivity contribution in [2.45, 2.75) is 12.3 Å². The predicted octanol–water partition coefficient (Wildman–Crippen LogP) is 2.10. The van der Waals surface area contributed by atoms with Gasteiger partial charge in [0, 0.05) is 13.1 Å². The van der Waals surface area contributed by atoms with Gasteiger partial charge in [-0.2, -0.15) is 0 Å². The van der Waals surface area contributed by atoms with Crippen LogP contribution >= 0.6 is 0 Å². The van der Waals surface area contributed by atoms with Gasteiger partial charge in [-0.05, 0) is 23.6 Å². The lowest BCUT2D eigenvalue weighted by Gasteiger charge is -2.15. The minimum Gasteiger partial charge on any atom is -0.496 e. The fourth-order valence-electron chi connectivity index (χ4n) is 2.43. The van der Waals surface area contributed by atoms with Crippen molar-refractivity contribution in [1.29, 1.82) is 0 Å². The van der Waals surface area contributed by atoms with Crippen LogP contribution < -0.4 is 15.8 Å². The van der Waals surface area contributed by atoms with E-state index in [0.29, 0.717) is 13.1 Å². The van der Waals surface area contributed by atoms with E-state index in [1.54, 1.807) is 7.11 Å². The quantitative estimate of drug-likeness (QED) is 0.822. The average Bonchev–Trinajstić information content (AvgIpc) is 2.57. The van der Waals surface area contributed by atoms with Gasteiger partial charge in [0.15, 0.2) is 0 Å². The number of methoxy groups -OCH3 is 1. The van der Waals surface area contributed by atoms with E-state index in [9.17, 15) is 4.79 Å². The third-order valence-corrected chi connectivity index (χ3v) is 3.64. The van der Waals surface area contributed by atoms with Crippen molar-refractivity contribution in [2.75, 3.05) is 20.2 Å². The van der Waals surface area contributed by atoms with Crippen molar-refractivity contribution in [3.8, 4) is 5.75 Å². The zero-order valence-electron chi connectivity index (χ0n) is 12.8. The van der Waals surface area contributed by atoms with Crippen LogP contribution in [0.3, 0.4) is 0 Å². The number of nitrogens with one attached hydrogen (secondary N) is 1. The van der Waals surface area contributed by atoms with E-state index in [0.717, 1.165) is 23.3 Å². The molecule has 1 amide bonds. The Labute approximate surface area is 131 Å². The molecule has 1 unspecified atom stereocenters. The van der Waals surface area contributed by atoms with Crippen molar-refractivity contribution in [1.82, 2.24) is 5.32 Å². The van der Waals surface area contributed by atoms with Crippen LogP contribution in [0.2, 0.25) is 0 Å². The highest BCUT2D eigenvalue weighted by atomic mass is 16.5. The van der Waals surface area contributed by atoms with Crippen molar-refractivity contribution >= 4 is 5.91 Å². The summed E-state index contributed by atoms with van der Waals surface area (Å²) in [6.07, 6.45) is 0.724. The Balaban J connectivity index is 1.92. The van der Waals surface area contributed by atoms with Crippen LogP contribution in [0.25, 0.3) is 0 Å². The highest BCUT2D eigenvalue weighted by Gasteiger charge is 2.18. The molecule has 0 saturated carbocycles. The van der Waals surface area contributed by atoms with Gasteiger partial charge in [-0.15, -0.1) is 0 Å². The van der Waals surface area contributed by atoms with Crippen LogP contribution in [-0.4, -0.2) is 26.1 Å². The number of benzene rings is 2. The van der Waals surface area contributed by atoms with Crippen LogP contribution in [0.5, 0.6) is 5.75 Å². The number of rotatable bonds is 7. The molecule has 0 saturated heterocycles. The molecule has 0 aliphatic rings. The first kappa shape index (κ1) is 16.0. The Hall–Kier alpha value is -2.33. The molecule has 0 aliphatic heterocycles. The van der Waals surface area contributed by atoms with Crippen LogP contribution in [0.1, 0.15) is 17.0 Å². The number of para-hydroxylation sites is 1. The third-order valence-electron chi connectivity index (χ3n) is 3.64. The summed E-state index contributed by atoms with van der Waals surface area (Å²) < 4.78 is 5.31. The molecule has 0 spiro atoms. The Bertz CT molecular complexity index is 599. The minimum atomic E-state index is -0.307. The van der Waals surface area contributed by atoms with Gasteiger partial charge >= 0.3 is 0 Å². The average molecular weight is 298 g/mol. The molecule has 0 aromatic heterocycles. The standard InChI is InChI=1S/C18H22N2O2/c1-22-17-10-6-5-9-15(17)11-12-20-18(21)16(13-19)14-7-3-2-4-8-14/h2-10,16H,11-13,19H2,1H3,(H,20,21). The molecule has 0 bridgehead atoms. The summed E-state index contributed by atoms with van der Waals surface area (Å²) in [6.45, 7) is 0.854. The summed E-state index contributed by atoms with van der Waals surface area (Å²) in [5, 5.41) is 2.96. The molecule has 2 aromatic rings. The molecule has 2 rings (SSSR count). The van der Waals surface area contributed by atoms with E-state index in [4.69, 9.17) is 10.5 Å². The Kier molecular flexibility index (Phi) is 5.98. The summed E-state index contributed by atoms with van der Waals surface area (Å²) in [4.78, 5) is 12.3. The molecule has 0 radical (unpaired) electrons. The van der Waals surface area contributed by atoms with Gasteiger partial charge in [0.05, 0.1) is 13.0 Å². The Morgan fingerprint density at radius 2 is 1.82 bits per heavy atom. The number of carbonyl (C=O) groups excluding carboxylic acids is 1. The topological polar surface area (TPSA) is 64.3 Å². The molecule has 4 heteroatoms. The van der Waals surface area contributed by atoms with Crippen molar-refractivity contribution in [3.05, 3.63) is 65.7 Å². The molecule has 2 aromatic carbocycles. The van der Waals surface area contributed by atoms with E-state index in [1.165, 1.54) is 0 Å². The zero-order valence-corrected chi connectivity index (χ0v) is 12.8. The van der Waals surface area contributed by atoms with Gasteiger partial charge in [0.2, 0.25) is 5.91 Å². The second-order valence-corrected chi connectivity index (χ2v) is 5.05. The molecule has 22 heavy (non-hydrogen) atoms. The SMILES string of the molecule is COc1ccccc1CCNC(=O)C(CN)c1ccccc1. The zero-order chi connectivity index (χ0) is 15.8. The number of amides is 1. The van der Waals surface area contributed by atoms with Crippen molar-refractivity contribution < 1.29 is 9.53 Å². The predicted molar refractivity (Wildman–Crippen MR) is 87.9 cm³/mol. The van der Waals surface area contributed by atoms with Gasteiger partial charge in [0.1, 0.15) is 5.75 Å². The fraction of sp³-hybridized carbons (Fsp3) is 0.278. The summed E-state index contributed by atoms with van der Waals surface area (Å²) >= 11 is 0. The van der Waals surface area contributed by atoms with Crippen LogP contribution in [0, 0.1) is 0 Å². The molecular formula is C18H22N2O2. The second kappa shape index (κ2) is 8.20. The maximum Gasteiger partial charge on any atom is 0.228 e. The second-order valence-electron chi connectivity index (χ2n) is 5.05. The van der Waals surface area contributed by atoms with Crippen LogP contribution in [0.15, 0.2) is 54.6 Å². The van der Waals surface area contributed by atoms with Gasteiger partial charge in [0.25, 0.3) is 0 Å². The number of nitrogens with two attached hydrogens (primary N) is 1. The fourth-order valence-corrected chi connectivity index (χ4v) is 2.43. The third kappa shape index (κ3) is 4.09. The number of hydrogen-bond donors (Lipinski definition) is 2. The van der Waals surface area contributed by atoms with Crippen LogP contribution in [-0.2, 0) is 11.2 Å². The lowest BCUT2D eigenvalue weighted by Crippen LogP contribution is -2.34. The smallest absolute Gasteiger partial charge is 0.228 e. The van der Waals surface area contributed by atoms with Gasteiger partial charge in [-0.25, -0.2) is 0 Å². The van der Waals surface area contributed by atoms with E-state index in [-0.39, 0.29) is 11.8 Å². The lowest BCUT2D eigenvalue weighted by atomic mass is 9.98. The molecule has 3 N–H and O–H groups in total. The lowest BCUT2D eigenvalue weighted by molar-refractivity contribution is -0.122. The van der Waals surface area contributed by atoms with E-state index < -0.39 is 0 Å². The number of ether oxygens (including phenoxy) is 1. The molecule has 1 atom stereocenters. The first-order valence-electron chi connectivity index (χ1n) is 7.41. The Morgan fingerprint density at radius 3 is 2.50 bits per heavy atom. The summed E-state index contributed by atoms with van der Waals surface area (Å²) in [5.74, 6) is 0.498. The minimum absolute atomic E-state index is 0.0383. The first-order chi connectivity index (χ1) is 10.8. The van der Waals surface area contributed by atoms with Crippen molar-refractivity contribution in [3.63, 3.8) is 0 Å². The monoisotopic (exact) mass is 298 g/mol. The Morgan fingerprint density at radius 1 is 1.14 bits per heavy atom. The number of carbonyl (C=O) groups is 1. The maximum atomic E-state index is 12.3. The summed E-state index contributed by atoms with van der Waals surface area (Å²) in [7, 11) is 1.65. The molecule has 0 fully saturated rings. The number of hydrogen-bond acceptors (Lipinski definition) is 3. The molecular weight excluding hydrogens is 276 g/mol. The molecule has 116 valence electrons. The first-order valence-corrected chi connectivity index (χ1v) is 7.41. The molecule has 0 heterocycles. The van der Waals surface area contributed by atoms with E-state index in [2.05, 4.69) is 5.32 Å². The molecule has 4 nitrogen and oxygen atoms in total. The van der Waals surface area contributed by atoms with Gasteiger partial charge < -0.3 is 15.8 Å². The van der Waals surface area contributed by atoms with Gasteiger partial charge in [-0.3, -0.25) is 4.79 Å². The highest BCUT2D eigenvalue weighted by molar-refractivity contribution is 5.83. The van der Waals surface area contributed by atoms with Crippen LogP contribution in [0.4, 0.5) is 0 Å². The normalized spacial score (nSPS) is 11.7. The maximum absolute atomic E-state index is 12.3. The van der Waals surface area contributed by atoms with Crippen molar-refractivity contribution in [2.24, 2.45) is 5.73 Å². The highest BCUT2D eigenvalue weighted by Crippen LogP contribution is 2.18. The van der Waals surface area contributed by atoms with Gasteiger partial charge in [-0.1, -0.05) is 48.5 Å². The van der Waals surface area contributed by atoms with E-state index in [1.807, 2.05) is 54.6 Å². The summed E-state index contributed by atoms with van der Waals surface area (Å²) in [5.41, 5.74) is 7.78. The molecule has 0 aliphatic carbocycles. The van der Waals surface area contributed by atoms with E-state index >= 15 is 0 Å².